The number of hydrogen-bond acceptors (Lipinski definition) is 7. The van der Waals surface area contributed by atoms with Gasteiger partial charge in [-0.05, 0) is 50.3 Å². The minimum Gasteiger partial charge on any atom is -0.462 e. The molecule has 40 heavy (non-hydrogen) atoms. The Morgan fingerprint density at radius 1 is 1.15 bits per heavy atom. The molecule has 2 atom stereocenters. The molecule has 10 nitrogen and oxygen atoms in total. The van der Waals surface area contributed by atoms with Gasteiger partial charge in [0.2, 0.25) is 0 Å². The van der Waals surface area contributed by atoms with Crippen molar-refractivity contribution in [3.8, 4) is 0 Å². The van der Waals surface area contributed by atoms with Crippen molar-refractivity contribution in [2.24, 2.45) is 10.9 Å². The molecule has 2 amide bonds. The average molecular weight is 551 g/mol. The van der Waals surface area contributed by atoms with Crippen LogP contribution in [0.15, 0.2) is 53.5 Å². The van der Waals surface area contributed by atoms with Gasteiger partial charge in [0.1, 0.15) is 5.92 Å². The van der Waals surface area contributed by atoms with E-state index in [0.717, 1.165) is 5.56 Å². The molecule has 1 aliphatic rings. The van der Waals surface area contributed by atoms with Crippen molar-refractivity contribution in [2.45, 2.75) is 65.5 Å². The van der Waals surface area contributed by atoms with Gasteiger partial charge in [0.25, 0.3) is 5.69 Å². The molecule has 0 saturated heterocycles. The maximum atomic E-state index is 13.1. The molecule has 10 heteroatoms. The number of carbonyl (C=O) groups is 3. The van der Waals surface area contributed by atoms with E-state index in [9.17, 15) is 24.5 Å². The van der Waals surface area contributed by atoms with E-state index < -0.39 is 28.9 Å². The number of ether oxygens (including phenoxy) is 1. The standard InChI is InChI=1S/C30H38N4O6/c1-19(2)40-28(36)26-20(3)32-29(37)33(27(26)22-9-7-10-24(17-22)34(38)39)16-8-15-31-18-25(35)21-11-13-23(14-12-21)30(4,5)6/h7,9-14,17,19,26-27,31H,8,15-16,18H2,1-6H3. The summed E-state index contributed by atoms with van der Waals surface area (Å²) in [5.41, 5.74) is 2.37. The van der Waals surface area contributed by atoms with Crippen LogP contribution in [0.25, 0.3) is 0 Å². The Hall–Kier alpha value is -3.92. The largest absolute Gasteiger partial charge is 0.462 e. The van der Waals surface area contributed by atoms with Crippen molar-refractivity contribution in [1.82, 2.24) is 10.2 Å². The van der Waals surface area contributed by atoms with Crippen molar-refractivity contribution in [1.29, 1.82) is 0 Å². The number of nitrogens with zero attached hydrogens (tertiary/aromatic N) is 3. The number of urea groups is 1. The van der Waals surface area contributed by atoms with Gasteiger partial charge >= 0.3 is 12.0 Å². The number of nitrogens with one attached hydrogen (secondary N) is 1. The second kappa shape index (κ2) is 13.0. The number of nitro benzene ring substituents is 1. The Morgan fingerprint density at radius 2 is 1.82 bits per heavy atom. The molecule has 1 N–H and O–H groups in total. The molecule has 2 aromatic rings. The van der Waals surface area contributed by atoms with Crippen molar-refractivity contribution in [3.63, 3.8) is 0 Å². The molecular weight excluding hydrogens is 512 g/mol. The van der Waals surface area contributed by atoms with E-state index in [4.69, 9.17) is 4.74 Å². The molecule has 2 unspecified atom stereocenters. The predicted octanol–water partition coefficient (Wildman–Crippen LogP) is 5.26. The molecule has 0 spiro atoms. The summed E-state index contributed by atoms with van der Waals surface area (Å²) in [5, 5.41) is 14.6. The van der Waals surface area contributed by atoms with Crippen LogP contribution in [-0.4, -0.2) is 59.1 Å². The summed E-state index contributed by atoms with van der Waals surface area (Å²) >= 11 is 0. The number of esters is 1. The lowest BCUT2D eigenvalue weighted by Gasteiger charge is -2.38. The number of aliphatic imine (C=N–C) groups is 1. The Balaban J connectivity index is 1.72. The molecule has 214 valence electrons. The first-order chi connectivity index (χ1) is 18.8. The van der Waals surface area contributed by atoms with Gasteiger partial charge in [-0.3, -0.25) is 19.7 Å². The minimum absolute atomic E-state index is 0.00135. The minimum atomic E-state index is -0.910. The molecule has 3 rings (SSSR count). The van der Waals surface area contributed by atoms with Crippen LogP contribution in [0.1, 0.15) is 75.5 Å². The fourth-order valence-electron chi connectivity index (χ4n) is 4.68. The smallest absolute Gasteiger partial charge is 0.344 e. The highest BCUT2D eigenvalue weighted by atomic mass is 16.6. The third kappa shape index (κ3) is 7.59. The molecule has 0 fully saturated rings. The average Bonchev–Trinajstić information content (AvgIpc) is 2.88. The molecular formula is C30H38N4O6. The Kier molecular flexibility index (Phi) is 9.92. The van der Waals surface area contributed by atoms with Crippen LogP contribution in [0.5, 0.6) is 0 Å². The fourth-order valence-corrected chi connectivity index (χ4v) is 4.68. The van der Waals surface area contributed by atoms with Gasteiger partial charge in [0.05, 0.1) is 23.6 Å². The number of Topliss-reactive ketones (excluding diaryl/α,β-unsaturated/α-hetero) is 1. The summed E-state index contributed by atoms with van der Waals surface area (Å²) in [4.78, 5) is 55.3. The normalized spacial score (nSPS) is 17.5. The number of rotatable bonds is 11. The number of amides is 2. The van der Waals surface area contributed by atoms with Gasteiger partial charge in [0, 0.05) is 30.0 Å². The highest BCUT2D eigenvalue weighted by molar-refractivity contribution is 6.08. The molecule has 0 aromatic heterocycles. The zero-order chi connectivity index (χ0) is 29.6. The number of ketones is 1. The van der Waals surface area contributed by atoms with E-state index in [1.807, 2.05) is 24.3 Å². The van der Waals surface area contributed by atoms with Crippen molar-refractivity contribution >= 4 is 29.2 Å². The highest BCUT2D eigenvalue weighted by Crippen LogP contribution is 2.36. The Labute approximate surface area is 235 Å². The maximum Gasteiger partial charge on any atom is 0.344 e. The molecule has 1 heterocycles. The van der Waals surface area contributed by atoms with E-state index in [-0.39, 0.29) is 36.1 Å². The Bertz CT molecular complexity index is 1280. The lowest BCUT2D eigenvalue weighted by molar-refractivity contribution is -0.385. The monoisotopic (exact) mass is 550 g/mol. The van der Waals surface area contributed by atoms with E-state index in [1.54, 1.807) is 26.8 Å². The van der Waals surface area contributed by atoms with Crippen molar-refractivity contribution in [2.75, 3.05) is 19.6 Å². The third-order valence-electron chi connectivity index (χ3n) is 6.76. The molecule has 2 aromatic carbocycles. The van der Waals surface area contributed by atoms with Gasteiger partial charge in [-0.2, -0.15) is 0 Å². The van der Waals surface area contributed by atoms with Crippen LogP contribution in [0, 0.1) is 16.0 Å². The quantitative estimate of drug-likeness (QED) is 0.133. The Morgan fingerprint density at radius 3 is 2.42 bits per heavy atom. The van der Waals surface area contributed by atoms with Crippen LogP contribution < -0.4 is 5.32 Å². The summed E-state index contributed by atoms with van der Waals surface area (Å²) in [6.45, 7) is 12.2. The molecule has 1 aliphatic heterocycles. The summed E-state index contributed by atoms with van der Waals surface area (Å²) < 4.78 is 5.47. The number of benzene rings is 2. The van der Waals surface area contributed by atoms with E-state index >= 15 is 0 Å². The molecule has 0 aliphatic carbocycles. The SMILES string of the molecule is CC1=NC(=O)N(CCCNCC(=O)c2ccc(C(C)(C)C)cc2)C(c2cccc([N+](=O)[O-])c2)C1C(=O)OC(C)C. The lowest BCUT2D eigenvalue weighted by atomic mass is 9.86. The maximum absolute atomic E-state index is 13.1. The van der Waals surface area contributed by atoms with Gasteiger partial charge in [-0.25, -0.2) is 9.79 Å². The van der Waals surface area contributed by atoms with E-state index in [2.05, 4.69) is 31.1 Å². The second-order valence-corrected chi connectivity index (χ2v) is 11.3. The summed E-state index contributed by atoms with van der Waals surface area (Å²) in [5.74, 6) is -1.50. The van der Waals surface area contributed by atoms with Gasteiger partial charge in [-0.15, -0.1) is 0 Å². The predicted molar refractivity (Wildman–Crippen MR) is 153 cm³/mol. The summed E-state index contributed by atoms with van der Waals surface area (Å²) in [6, 6.07) is 12.2. The van der Waals surface area contributed by atoms with E-state index in [1.165, 1.54) is 23.1 Å². The number of non-ortho nitro benzene ring substituents is 1. The second-order valence-electron chi connectivity index (χ2n) is 11.3. The fraction of sp³-hybridized carbons (Fsp3) is 0.467. The van der Waals surface area contributed by atoms with Crippen molar-refractivity contribution < 1.29 is 24.0 Å². The van der Waals surface area contributed by atoms with Crippen LogP contribution in [0.2, 0.25) is 0 Å². The van der Waals surface area contributed by atoms with E-state index in [0.29, 0.717) is 29.8 Å². The molecule has 0 radical (unpaired) electrons. The summed E-state index contributed by atoms with van der Waals surface area (Å²) in [7, 11) is 0. The third-order valence-corrected chi connectivity index (χ3v) is 6.76. The summed E-state index contributed by atoms with van der Waals surface area (Å²) in [6.07, 6.45) is 0.0806. The van der Waals surface area contributed by atoms with Crippen LogP contribution >= 0.6 is 0 Å². The van der Waals surface area contributed by atoms with Crippen LogP contribution in [0.4, 0.5) is 10.5 Å². The van der Waals surface area contributed by atoms with Gasteiger partial charge in [0.15, 0.2) is 5.78 Å². The molecule has 0 saturated carbocycles. The number of hydrogen-bond donors (Lipinski definition) is 1. The highest BCUT2D eigenvalue weighted by Gasteiger charge is 2.43. The first-order valence-electron chi connectivity index (χ1n) is 13.4. The first kappa shape index (κ1) is 30.6. The topological polar surface area (TPSA) is 131 Å². The van der Waals surface area contributed by atoms with Crippen molar-refractivity contribution in [3.05, 3.63) is 75.3 Å². The number of carbonyl (C=O) groups excluding carboxylic acids is 3. The van der Waals surface area contributed by atoms with Gasteiger partial charge < -0.3 is 15.0 Å². The van der Waals surface area contributed by atoms with Crippen LogP contribution in [0.3, 0.4) is 0 Å². The van der Waals surface area contributed by atoms with Gasteiger partial charge in [-0.1, -0.05) is 57.2 Å². The zero-order valence-electron chi connectivity index (χ0n) is 24.0. The zero-order valence-corrected chi connectivity index (χ0v) is 24.0. The first-order valence-corrected chi connectivity index (χ1v) is 13.4. The molecule has 0 bridgehead atoms. The van der Waals surface area contributed by atoms with Crippen LogP contribution in [-0.2, 0) is 14.9 Å². The lowest BCUT2D eigenvalue weighted by Crippen LogP contribution is -2.48. The number of nitro groups is 1.